The first-order valence-electron chi connectivity index (χ1n) is 8.18. The van der Waals surface area contributed by atoms with E-state index in [9.17, 15) is 14.4 Å². The number of halogens is 1. The fraction of sp³-hybridized carbons (Fsp3) is 0.211. The summed E-state index contributed by atoms with van der Waals surface area (Å²) in [5.41, 5.74) is -0.0698. The Morgan fingerprint density at radius 2 is 1.85 bits per heavy atom. The van der Waals surface area contributed by atoms with E-state index in [1.807, 2.05) is 6.07 Å². The van der Waals surface area contributed by atoms with Gasteiger partial charge < -0.3 is 15.4 Å². The molecular formula is C19H18BrN3O4. The summed E-state index contributed by atoms with van der Waals surface area (Å²) in [6.45, 7) is 1.23. The number of methoxy groups -OCH3 is 1. The summed E-state index contributed by atoms with van der Waals surface area (Å²) in [6, 6.07) is 13.3. The van der Waals surface area contributed by atoms with Crippen molar-refractivity contribution in [2.24, 2.45) is 0 Å². The molecule has 2 aromatic carbocycles. The molecule has 0 spiro atoms. The number of nitrogens with one attached hydrogen (secondary N) is 2. The fourth-order valence-electron chi connectivity index (χ4n) is 2.86. The Bertz CT molecular complexity index is 900. The number of amides is 4. The Morgan fingerprint density at radius 1 is 1.19 bits per heavy atom. The molecule has 3 rings (SSSR count). The quantitative estimate of drug-likeness (QED) is 0.712. The van der Waals surface area contributed by atoms with Crippen LogP contribution in [-0.4, -0.2) is 36.4 Å². The number of anilines is 1. The van der Waals surface area contributed by atoms with Crippen molar-refractivity contribution in [1.29, 1.82) is 0 Å². The van der Waals surface area contributed by atoms with Crippen LogP contribution in [0.2, 0.25) is 0 Å². The van der Waals surface area contributed by atoms with Gasteiger partial charge in [0.2, 0.25) is 5.91 Å². The number of rotatable bonds is 5. The van der Waals surface area contributed by atoms with Gasteiger partial charge in [-0.2, -0.15) is 0 Å². The first-order chi connectivity index (χ1) is 12.8. The molecule has 0 aromatic heterocycles. The van der Waals surface area contributed by atoms with E-state index in [-0.39, 0.29) is 6.54 Å². The molecule has 2 aromatic rings. The minimum atomic E-state index is -1.24. The molecule has 8 heteroatoms. The third-order valence-corrected chi connectivity index (χ3v) is 5.08. The topological polar surface area (TPSA) is 87.7 Å². The van der Waals surface area contributed by atoms with Crippen LogP contribution in [0.3, 0.4) is 0 Å². The van der Waals surface area contributed by atoms with Crippen LogP contribution in [0.1, 0.15) is 12.5 Å². The van der Waals surface area contributed by atoms with Crippen LogP contribution in [0.5, 0.6) is 5.75 Å². The van der Waals surface area contributed by atoms with Crippen LogP contribution in [0.15, 0.2) is 53.0 Å². The molecule has 1 saturated heterocycles. The van der Waals surface area contributed by atoms with Crippen molar-refractivity contribution >= 4 is 39.5 Å². The van der Waals surface area contributed by atoms with E-state index in [2.05, 4.69) is 26.6 Å². The van der Waals surface area contributed by atoms with Crippen molar-refractivity contribution in [2.75, 3.05) is 19.0 Å². The summed E-state index contributed by atoms with van der Waals surface area (Å²) in [7, 11) is 1.55. The number of hydrogen-bond acceptors (Lipinski definition) is 4. The lowest BCUT2D eigenvalue weighted by Crippen LogP contribution is -2.42. The van der Waals surface area contributed by atoms with Crippen molar-refractivity contribution in [3.05, 3.63) is 58.6 Å². The monoisotopic (exact) mass is 431 g/mol. The predicted molar refractivity (Wildman–Crippen MR) is 103 cm³/mol. The lowest BCUT2D eigenvalue weighted by Gasteiger charge is -2.22. The van der Waals surface area contributed by atoms with E-state index < -0.39 is 23.4 Å². The lowest BCUT2D eigenvalue weighted by molar-refractivity contribution is -0.133. The molecule has 0 saturated carbocycles. The Morgan fingerprint density at radius 3 is 2.48 bits per heavy atom. The van der Waals surface area contributed by atoms with Crippen molar-refractivity contribution in [2.45, 2.75) is 12.5 Å². The fourth-order valence-corrected chi connectivity index (χ4v) is 3.24. The maximum atomic E-state index is 12.9. The Labute approximate surface area is 164 Å². The average Bonchev–Trinajstić information content (AvgIpc) is 2.88. The molecule has 0 radical (unpaired) electrons. The van der Waals surface area contributed by atoms with Gasteiger partial charge in [-0.25, -0.2) is 4.79 Å². The average molecular weight is 432 g/mol. The Hall–Kier alpha value is -2.87. The molecule has 1 aliphatic rings. The second-order valence-corrected chi connectivity index (χ2v) is 7.06. The molecule has 0 aliphatic carbocycles. The van der Waals surface area contributed by atoms with Gasteiger partial charge in [-0.3, -0.25) is 14.5 Å². The number of imide groups is 1. The van der Waals surface area contributed by atoms with Gasteiger partial charge >= 0.3 is 6.03 Å². The zero-order valence-electron chi connectivity index (χ0n) is 14.8. The first kappa shape index (κ1) is 18.9. The number of para-hydroxylation sites is 1. The number of carbonyl (C=O) groups excluding carboxylic acids is 3. The summed E-state index contributed by atoms with van der Waals surface area (Å²) in [6.07, 6.45) is 0. The summed E-state index contributed by atoms with van der Waals surface area (Å²) in [5, 5.41) is 5.36. The largest absolute Gasteiger partial charge is 0.497 e. The van der Waals surface area contributed by atoms with Crippen LogP contribution >= 0.6 is 15.9 Å². The van der Waals surface area contributed by atoms with Crippen LogP contribution in [0, 0.1) is 0 Å². The Kier molecular flexibility index (Phi) is 5.18. The smallest absolute Gasteiger partial charge is 0.325 e. The van der Waals surface area contributed by atoms with Crippen LogP contribution < -0.4 is 15.4 Å². The normalized spacial score (nSPS) is 19.0. The van der Waals surface area contributed by atoms with Gasteiger partial charge in [0.25, 0.3) is 5.91 Å². The maximum Gasteiger partial charge on any atom is 0.325 e. The second-order valence-electron chi connectivity index (χ2n) is 6.20. The molecule has 1 aliphatic heterocycles. The van der Waals surface area contributed by atoms with Crippen molar-refractivity contribution in [3.63, 3.8) is 0 Å². The van der Waals surface area contributed by atoms with Gasteiger partial charge in [0.1, 0.15) is 17.8 Å². The first-order valence-corrected chi connectivity index (χ1v) is 8.97. The van der Waals surface area contributed by atoms with Gasteiger partial charge in [0, 0.05) is 4.47 Å². The van der Waals surface area contributed by atoms with E-state index in [4.69, 9.17) is 4.74 Å². The van der Waals surface area contributed by atoms with Gasteiger partial charge in [-0.15, -0.1) is 0 Å². The number of carbonyl (C=O) groups is 3. The van der Waals surface area contributed by atoms with Gasteiger partial charge in [-0.05, 0) is 52.7 Å². The summed E-state index contributed by atoms with van der Waals surface area (Å²) >= 11 is 3.34. The number of urea groups is 1. The highest BCUT2D eigenvalue weighted by molar-refractivity contribution is 9.10. The van der Waals surface area contributed by atoms with E-state index in [0.29, 0.717) is 21.5 Å². The lowest BCUT2D eigenvalue weighted by atomic mass is 9.92. The predicted octanol–water partition coefficient (Wildman–Crippen LogP) is 2.86. The highest BCUT2D eigenvalue weighted by Gasteiger charge is 2.49. The number of nitrogens with zero attached hydrogens (tertiary/aromatic N) is 1. The summed E-state index contributed by atoms with van der Waals surface area (Å²) in [4.78, 5) is 38.4. The van der Waals surface area contributed by atoms with Crippen molar-refractivity contribution < 1.29 is 19.1 Å². The molecule has 140 valence electrons. The molecular weight excluding hydrogens is 414 g/mol. The summed E-state index contributed by atoms with van der Waals surface area (Å²) < 4.78 is 5.82. The van der Waals surface area contributed by atoms with Crippen molar-refractivity contribution in [1.82, 2.24) is 10.2 Å². The minimum Gasteiger partial charge on any atom is -0.497 e. The van der Waals surface area contributed by atoms with E-state index in [1.165, 1.54) is 0 Å². The van der Waals surface area contributed by atoms with Gasteiger partial charge in [0.05, 0.1) is 12.8 Å². The minimum absolute atomic E-state index is 0.377. The zero-order chi connectivity index (χ0) is 19.6. The standard InChI is InChI=1S/C19H18BrN3O4/c1-19(12-7-9-13(27-2)10-8-12)17(25)23(18(26)22-19)11-16(24)21-15-6-4-3-5-14(15)20/h3-10H,11H2,1-2H3,(H,21,24)(H,22,26). The molecule has 1 fully saturated rings. The van der Waals surface area contributed by atoms with E-state index >= 15 is 0 Å². The van der Waals surface area contributed by atoms with Crippen LogP contribution in [-0.2, 0) is 15.1 Å². The number of ether oxygens (including phenoxy) is 1. The van der Waals surface area contributed by atoms with E-state index in [0.717, 1.165) is 4.90 Å². The molecule has 1 unspecified atom stereocenters. The number of benzene rings is 2. The van der Waals surface area contributed by atoms with Crippen molar-refractivity contribution in [3.8, 4) is 5.75 Å². The Balaban J connectivity index is 1.75. The molecule has 4 amide bonds. The third-order valence-electron chi connectivity index (χ3n) is 4.39. The molecule has 2 N–H and O–H groups in total. The van der Waals surface area contributed by atoms with Crippen LogP contribution in [0.4, 0.5) is 10.5 Å². The molecule has 27 heavy (non-hydrogen) atoms. The molecule has 7 nitrogen and oxygen atoms in total. The highest BCUT2D eigenvalue weighted by atomic mass is 79.9. The van der Waals surface area contributed by atoms with Crippen LogP contribution in [0.25, 0.3) is 0 Å². The van der Waals surface area contributed by atoms with Gasteiger partial charge in [-0.1, -0.05) is 24.3 Å². The molecule has 1 atom stereocenters. The molecule has 0 bridgehead atoms. The zero-order valence-corrected chi connectivity index (χ0v) is 16.4. The highest BCUT2D eigenvalue weighted by Crippen LogP contribution is 2.30. The summed E-state index contributed by atoms with van der Waals surface area (Å²) in [5.74, 6) is -0.312. The SMILES string of the molecule is COc1ccc(C2(C)NC(=O)N(CC(=O)Nc3ccccc3Br)C2=O)cc1. The molecule has 1 heterocycles. The van der Waals surface area contributed by atoms with Gasteiger partial charge in [0.15, 0.2) is 0 Å². The maximum absolute atomic E-state index is 12.9. The second kappa shape index (κ2) is 7.40. The van der Waals surface area contributed by atoms with E-state index in [1.54, 1.807) is 56.5 Å². The third kappa shape index (κ3) is 3.66. The number of hydrogen-bond donors (Lipinski definition) is 2.